The summed E-state index contributed by atoms with van der Waals surface area (Å²) in [5.74, 6) is 0.626. The average molecular weight is 330 g/mol. The van der Waals surface area contributed by atoms with Gasteiger partial charge >= 0.3 is 0 Å². The van der Waals surface area contributed by atoms with Gasteiger partial charge in [0.15, 0.2) is 0 Å². The van der Waals surface area contributed by atoms with Gasteiger partial charge in [-0.05, 0) is 25.3 Å². The molecule has 1 aromatic rings. The van der Waals surface area contributed by atoms with Crippen molar-refractivity contribution < 1.29 is 9.69 Å². The van der Waals surface area contributed by atoms with E-state index in [1.807, 2.05) is 0 Å². The van der Waals surface area contributed by atoms with Crippen LogP contribution in [0.4, 0.5) is 0 Å². The summed E-state index contributed by atoms with van der Waals surface area (Å²) in [6.07, 6.45) is 9.39. The first kappa shape index (κ1) is 17.5. The van der Waals surface area contributed by atoms with Gasteiger partial charge in [-0.25, -0.2) is 0 Å². The van der Waals surface area contributed by atoms with Gasteiger partial charge in [-0.2, -0.15) is 0 Å². The number of amides is 1. The molecule has 1 saturated carbocycles. The average Bonchev–Trinajstić information content (AvgIpc) is 2.64. The Balaban J connectivity index is 1.41. The van der Waals surface area contributed by atoms with Crippen molar-refractivity contribution in [2.45, 2.75) is 70.4 Å². The van der Waals surface area contributed by atoms with Gasteiger partial charge in [-0.3, -0.25) is 4.79 Å². The number of rotatable bonds is 5. The first-order valence-corrected chi connectivity index (χ1v) is 9.91. The molecule has 1 aliphatic carbocycles. The van der Waals surface area contributed by atoms with Crippen molar-refractivity contribution in [2.75, 3.05) is 13.1 Å². The molecule has 1 atom stereocenters. The van der Waals surface area contributed by atoms with Crippen LogP contribution in [0.5, 0.6) is 0 Å². The number of piperidine rings is 1. The van der Waals surface area contributed by atoms with E-state index in [2.05, 4.69) is 42.6 Å². The predicted octanol–water partition coefficient (Wildman–Crippen LogP) is 2.36. The molecule has 3 heteroatoms. The molecular weight excluding hydrogens is 296 g/mol. The monoisotopic (exact) mass is 329 g/mol. The molecule has 1 heterocycles. The molecule has 1 aliphatic heterocycles. The number of quaternary nitrogens is 1. The first-order valence-electron chi connectivity index (χ1n) is 9.91. The van der Waals surface area contributed by atoms with Crippen LogP contribution in [0.15, 0.2) is 30.3 Å². The highest BCUT2D eigenvalue weighted by Crippen LogP contribution is 2.24. The van der Waals surface area contributed by atoms with Crippen LogP contribution in [0, 0.1) is 5.92 Å². The summed E-state index contributed by atoms with van der Waals surface area (Å²) >= 11 is 0. The summed E-state index contributed by atoms with van der Waals surface area (Å²) in [4.78, 5) is 14.1. The first-order chi connectivity index (χ1) is 11.7. The van der Waals surface area contributed by atoms with E-state index >= 15 is 0 Å². The second kappa shape index (κ2) is 8.66. The normalized spacial score (nSPS) is 26.7. The molecular formula is C21H33N2O+. The summed E-state index contributed by atoms with van der Waals surface area (Å²) in [6.45, 7) is 4.73. The lowest BCUT2D eigenvalue weighted by Crippen LogP contribution is -3.16. The van der Waals surface area contributed by atoms with Crippen LogP contribution < -0.4 is 10.2 Å². The third-order valence-electron chi connectivity index (χ3n) is 6.03. The van der Waals surface area contributed by atoms with Gasteiger partial charge in [-0.15, -0.1) is 0 Å². The molecule has 0 spiro atoms. The summed E-state index contributed by atoms with van der Waals surface area (Å²) in [7, 11) is 0. The third-order valence-corrected chi connectivity index (χ3v) is 6.03. The van der Waals surface area contributed by atoms with Crippen LogP contribution in [-0.2, 0) is 11.2 Å². The van der Waals surface area contributed by atoms with E-state index in [9.17, 15) is 4.79 Å². The van der Waals surface area contributed by atoms with E-state index in [1.165, 1.54) is 37.9 Å². The van der Waals surface area contributed by atoms with Gasteiger partial charge in [0, 0.05) is 31.2 Å². The second-order valence-electron chi connectivity index (χ2n) is 7.87. The van der Waals surface area contributed by atoms with Crippen molar-refractivity contribution in [1.29, 1.82) is 0 Å². The fourth-order valence-electron chi connectivity index (χ4n) is 4.42. The molecule has 1 amide bonds. The van der Waals surface area contributed by atoms with Crippen molar-refractivity contribution in [3.05, 3.63) is 35.9 Å². The number of carbonyl (C=O) groups is 1. The van der Waals surface area contributed by atoms with E-state index in [0.717, 1.165) is 32.1 Å². The molecule has 132 valence electrons. The third kappa shape index (κ3) is 4.83. The number of carbonyl (C=O) groups excluding carboxylic acids is 1. The molecule has 2 aliphatic rings. The molecule has 1 saturated heterocycles. The van der Waals surface area contributed by atoms with E-state index in [4.69, 9.17) is 0 Å². The number of nitrogens with one attached hydrogen (secondary N) is 2. The van der Waals surface area contributed by atoms with Crippen LogP contribution >= 0.6 is 0 Å². The topological polar surface area (TPSA) is 33.5 Å². The predicted molar refractivity (Wildman–Crippen MR) is 98.0 cm³/mol. The summed E-state index contributed by atoms with van der Waals surface area (Å²) in [6, 6.07) is 11.9. The molecule has 3 nitrogen and oxygen atoms in total. The highest BCUT2D eigenvalue weighted by atomic mass is 16.1. The minimum absolute atomic E-state index is 0.293. The maximum absolute atomic E-state index is 12.4. The fourth-order valence-corrected chi connectivity index (χ4v) is 4.42. The number of likely N-dealkylation sites (tertiary alicyclic amines) is 1. The Bertz CT molecular complexity index is 502. The summed E-state index contributed by atoms with van der Waals surface area (Å²) in [5.41, 5.74) is 1.44. The van der Waals surface area contributed by atoms with Crippen LogP contribution in [0.1, 0.15) is 57.4 Å². The Kier molecular flexibility index (Phi) is 6.30. The molecule has 3 rings (SSSR count). The van der Waals surface area contributed by atoms with E-state index in [1.54, 1.807) is 4.90 Å². The Morgan fingerprint density at radius 3 is 2.42 bits per heavy atom. The van der Waals surface area contributed by atoms with Crippen LogP contribution in [-0.4, -0.2) is 31.1 Å². The minimum Gasteiger partial charge on any atom is -0.353 e. The SMILES string of the molecule is C[C@@H](Cc1ccccc1)[NH+]1CCC(NC(=O)C2CCCCC2)CC1. The number of hydrogen-bond donors (Lipinski definition) is 2. The highest BCUT2D eigenvalue weighted by molar-refractivity contribution is 5.79. The molecule has 0 aromatic heterocycles. The van der Waals surface area contributed by atoms with Crippen LogP contribution in [0.25, 0.3) is 0 Å². The van der Waals surface area contributed by atoms with Crippen molar-refractivity contribution in [3.63, 3.8) is 0 Å². The van der Waals surface area contributed by atoms with E-state index in [0.29, 0.717) is 23.9 Å². The zero-order valence-corrected chi connectivity index (χ0v) is 15.1. The van der Waals surface area contributed by atoms with Gasteiger partial charge in [0.25, 0.3) is 0 Å². The van der Waals surface area contributed by atoms with Gasteiger partial charge in [0.2, 0.25) is 5.91 Å². The largest absolute Gasteiger partial charge is 0.353 e. The van der Waals surface area contributed by atoms with Crippen LogP contribution in [0.3, 0.4) is 0 Å². The van der Waals surface area contributed by atoms with Crippen molar-refractivity contribution in [1.82, 2.24) is 5.32 Å². The van der Waals surface area contributed by atoms with E-state index < -0.39 is 0 Å². The van der Waals surface area contributed by atoms with Crippen molar-refractivity contribution >= 4 is 5.91 Å². The molecule has 24 heavy (non-hydrogen) atoms. The zero-order valence-electron chi connectivity index (χ0n) is 15.1. The van der Waals surface area contributed by atoms with Gasteiger partial charge < -0.3 is 10.2 Å². The van der Waals surface area contributed by atoms with Crippen molar-refractivity contribution in [3.8, 4) is 0 Å². The van der Waals surface area contributed by atoms with Crippen molar-refractivity contribution in [2.24, 2.45) is 5.92 Å². The molecule has 2 N–H and O–H groups in total. The lowest BCUT2D eigenvalue weighted by atomic mass is 9.88. The lowest BCUT2D eigenvalue weighted by molar-refractivity contribution is -0.928. The maximum Gasteiger partial charge on any atom is 0.223 e. The molecule has 0 unspecified atom stereocenters. The molecule has 1 aromatic carbocycles. The summed E-state index contributed by atoms with van der Waals surface area (Å²) in [5, 5.41) is 3.35. The van der Waals surface area contributed by atoms with E-state index in [-0.39, 0.29) is 0 Å². The second-order valence-corrected chi connectivity index (χ2v) is 7.87. The standard InChI is InChI=1S/C21H32N2O/c1-17(16-18-8-4-2-5-9-18)23-14-12-20(13-15-23)22-21(24)19-10-6-3-7-11-19/h2,4-5,8-9,17,19-20H,3,6-7,10-16H2,1H3,(H,22,24)/p+1/t17-/m0/s1. The lowest BCUT2D eigenvalue weighted by Gasteiger charge is -2.34. The summed E-state index contributed by atoms with van der Waals surface area (Å²) < 4.78 is 0. The van der Waals surface area contributed by atoms with Gasteiger partial charge in [-0.1, -0.05) is 49.6 Å². The fraction of sp³-hybridized carbons (Fsp3) is 0.667. The Morgan fingerprint density at radius 2 is 1.75 bits per heavy atom. The molecule has 0 bridgehead atoms. The zero-order chi connectivity index (χ0) is 16.8. The Labute approximate surface area is 146 Å². The highest BCUT2D eigenvalue weighted by Gasteiger charge is 2.29. The number of benzene rings is 1. The minimum atomic E-state index is 0.293. The smallest absolute Gasteiger partial charge is 0.223 e. The maximum atomic E-state index is 12.4. The van der Waals surface area contributed by atoms with Gasteiger partial charge in [0.05, 0.1) is 19.1 Å². The Hall–Kier alpha value is -1.35. The Morgan fingerprint density at radius 1 is 1.08 bits per heavy atom. The molecule has 0 radical (unpaired) electrons. The van der Waals surface area contributed by atoms with Gasteiger partial charge in [0.1, 0.15) is 0 Å². The van der Waals surface area contributed by atoms with Crippen LogP contribution in [0.2, 0.25) is 0 Å². The molecule has 2 fully saturated rings. The quantitative estimate of drug-likeness (QED) is 0.854. The number of hydrogen-bond acceptors (Lipinski definition) is 1.